The van der Waals surface area contributed by atoms with Gasteiger partial charge in [-0.1, -0.05) is 56.7 Å². The van der Waals surface area contributed by atoms with Gasteiger partial charge in [0, 0.05) is 5.56 Å². The van der Waals surface area contributed by atoms with Gasteiger partial charge in [-0.3, -0.25) is 4.79 Å². The Bertz CT molecular complexity index is 693. The van der Waals surface area contributed by atoms with E-state index in [2.05, 4.69) is 58.1 Å². The quantitative estimate of drug-likeness (QED) is 0.840. The predicted molar refractivity (Wildman–Crippen MR) is 96.9 cm³/mol. The van der Waals surface area contributed by atoms with Crippen molar-refractivity contribution in [1.82, 2.24) is 5.32 Å². The van der Waals surface area contributed by atoms with E-state index in [1.165, 1.54) is 22.3 Å². The molecule has 0 aliphatic carbocycles. The van der Waals surface area contributed by atoms with Crippen LogP contribution in [0.1, 0.15) is 66.3 Å². The van der Waals surface area contributed by atoms with Gasteiger partial charge in [-0.15, -0.1) is 0 Å². The molecule has 0 aliphatic heterocycles. The van der Waals surface area contributed by atoms with Crippen molar-refractivity contribution in [3.8, 4) is 0 Å². The Labute approximate surface area is 139 Å². The smallest absolute Gasteiger partial charge is 0.251 e. The molecule has 1 N–H and O–H groups in total. The lowest BCUT2D eigenvalue weighted by Gasteiger charge is -2.20. The second-order valence-corrected chi connectivity index (χ2v) is 7.38. The molecule has 2 nitrogen and oxygen atoms in total. The predicted octanol–water partition coefficient (Wildman–Crippen LogP) is 5.09. The van der Waals surface area contributed by atoms with E-state index in [0.717, 1.165) is 0 Å². The first-order chi connectivity index (χ1) is 10.7. The zero-order chi connectivity index (χ0) is 17.2. The van der Waals surface area contributed by atoms with E-state index in [-0.39, 0.29) is 17.4 Å². The lowest BCUT2D eigenvalue weighted by Crippen LogP contribution is -2.27. The third kappa shape index (κ3) is 4.22. The molecule has 0 heterocycles. The average Bonchev–Trinajstić information content (AvgIpc) is 2.48. The molecule has 122 valence electrons. The van der Waals surface area contributed by atoms with Gasteiger partial charge in [0.05, 0.1) is 6.04 Å². The summed E-state index contributed by atoms with van der Waals surface area (Å²) in [5.41, 5.74) is 5.62. The maximum Gasteiger partial charge on any atom is 0.251 e. The molecule has 0 aromatic heterocycles. The number of hydrogen-bond acceptors (Lipinski definition) is 1. The molecule has 0 radical (unpaired) electrons. The Balaban J connectivity index is 2.14. The summed E-state index contributed by atoms with van der Waals surface area (Å²) < 4.78 is 0. The number of nitrogens with one attached hydrogen (secondary N) is 1. The fourth-order valence-electron chi connectivity index (χ4n) is 2.71. The van der Waals surface area contributed by atoms with Crippen LogP contribution >= 0.6 is 0 Å². The topological polar surface area (TPSA) is 29.1 Å². The maximum atomic E-state index is 12.5. The number of rotatable bonds is 3. The Morgan fingerprint density at radius 1 is 1.00 bits per heavy atom. The van der Waals surface area contributed by atoms with Gasteiger partial charge >= 0.3 is 0 Å². The van der Waals surface area contributed by atoms with Crippen molar-refractivity contribution in [2.75, 3.05) is 0 Å². The van der Waals surface area contributed by atoms with Crippen LogP contribution in [0.3, 0.4) is 0 Å². The Morgan fingerprint density at radius 2 is 1.61 bits per heavy atom. The molecule has 2 aromatic rings. The second kappa shape index (κ2) is 6.57. The van der Waals surface area contributed by atoms with E-state index in [0.29, 0.717) is 5.56 Å². The number of hydrogen-bond donors (Lipinski definition) is 1. The van der Waals surface area contributed by atoms with Crippen LogP contribution in [0.2, 0.25) is 0 Å². The van der Waals surface area contributed by atoms with Crippen molar-refractivity contribution in [2.24, 2.45) is 0 Å². The van der Waals surface area contributed by atoms with Crippen molar-refractivity contribution in [2.45, 2.75) is 53.0 Å². The number of amides is 1. The highest BCUT2D eigenvalue weighted by Gasteiger charge is 2.16. The van der Waals surface area contributed by atoms with Crippen LogP contribution in [0, 0.1) is 13.8 Å². The van der Waals surface area contributed by atoms with Crippen molar-refractivity contribution in [3.63, 3.8) is 0 Å². The third-order valence-corrected chi connectivity index (χ3v) is 4.26. The Morgan fingerprint density at radius 3 is 2.17 bits per heavy atom. The minimum atomic E-state index is -0.0288. The van der Waals surface area contributed by atoms with E-state index >= 15 is 0 Å². The molecule has 23 heavy (non-hydrogen) atoms. The maximum absolute atomic E-state index is 12.5. The fourth-order valence-corrected chi connectivity index (χ4v) is 2.71. The second-order valence-electron chi connectivity index (χ2n) is 7.38. The van der Waals surface area contributed by atoms with Crippen LogP contribution in [0.15, 0.2) is 42.5 Å². The molecule has 2 heteroatoms. The largest absolute Gasteiger partial charge is 0.346 e. The zero-order valence-corrected chi connectivity index (χ0v) is 15.0. The lowest BCUT2D eigenvalue weighted by molar-refractivity contribution is 0.0939. The summed E-state index contributed by atoms with van der Waals surface area (Å²) in [6.07, 6.45) is 0. The minimum Gasteiger partial charge on any atom is -0.346 e. The van der Waals surface area contributed by atoms with Crippen LogP contribution in [-0.2, 0) is 5.41 Å². The molecule has 0 fully saturated rings. The van der Waals surface area contributed by atoms with E-state index in [1.807, 2.05) is 31.2 Å². The number of carbonyl (C=O) groups is 1. The highest BCUT2D eigenvalue weighted by Crippen LogP contribution is 2.23. The van der Waals surface area contributed by atoms with Gasteiger partial charge in [0.2, 0.25) is 0 Å². The molecule has 0 unspecified atom stereocenters. The minimum absolute atomic E-state index is 0.00954. The monoisotopic (exact) mass is 309 g/mol. The van der Waals surface area contributed by atoms with Crippen LogP contribution in [-0.4, -0.2) is 5.91 Å². The first kappa shape index (κ1) is 17.3. The molecule has 0 saturated carbocycles. The molecule has 1 atom stereocenters. The van der Waals surface area contributed by atoms with Gasteiger partial charge in [-0.05, 0) is 55.0 Å². The molecule has 0 bridgehead atoms. The molecule has 2 rings (SSSR count). The van der Waals surface area contributed by atoms with Gasteiger partial charge in [-0.25, -0.2) is 0 Å². The fraction of sp³-hybridized carbons (Fsp3) is 0.381. The SMILES string of the molecule is Cc1ccc(C)c([C@@H](C)NC(=O)c2ccc(C(C)(C)C)cc2)c1. The third-order valence-electron chi connectivity index (χ3n) is 4.26. The van der Waals surface area contributed by atoms with Crippen molar-refractivity contribution < 1.29 is 4.79 Å². The van der Waals surface area contributed by atoms with E-state index in [4.69, 9.17) is 0 Å². The van der Waals surface area contributed by atoms with Gasteiger partial charge in [0.1, 0.15) is 0 Å². The van der Waals surface area contributed by atoms with Crippen LogP contribution in [0.4, 0.5) is 0 Å². The Hall–Kier alpha value is -2.09. The van der Waals surface area contributed by atoms with Crippen molar-refractivity contribution >= 4 is 5.91 Å². The average molecular weight is 309 g/mol. The molecule has 0 spiro atoms. The van der Waals surface area contributed by atoms with Crippen LogP contribution < -0.4 is 5.32 Å². The van der Waals surface area contributed by atoms with Crippen LogP contribution in [0.25, 0.3) is 0 Å². The standard InChI is InChI=1S/C21H27NO/c1-14-7-8-15(2)19(13-14)16(3)22-20(23)17-9-11-18(12-10-17)21(4,5)6/h7-13,16H,1-6H3,(H,22,23)/t16-/m1/s1. The highest BCUT2D eigenvalue weighted by molar-refractivity contribution is 5.94. The van der Waals surface area contributed by atoms with Gasteiger partial charge in [0.15, 0.2) is 0 Å². The molecular formula is C21H27NO. The summed E-state index contributed by atoms with van der Waals surface area (Å²) in [7, 11) is 0. The molecule has 2 aromatic carbocycles. The van der Waals surface area contributed by atoms with E-state index in [9.17, 15) is 4.79 Å². The van der Waals surface area contributed by atoms with E-state index < -0.39 is 0 Å². The molecule has 0 aliphatic rings. The van der Waals surface area contributed by atoms with Gasteiger partial charge in [-0.2, -0.15) is 0 Å². The summed E-state index contributed by atoms with van der Waals surface area (Å²) in [6.45, 7) is 12.7. The number of aryl methyl sites for hydroxylation is 2. The normalized spacial score (nSPS) is 12.8. The van der Waals surface area contributed by atoms with Gasteiger partial charge < -0.3 is 5.32 Å². The first-order valence-corrected chi connectivity index (χ1v) is 8.17. The molecule has 1 amide bonds. The summed E-state index contributed by atoms with van der Waals surface area (Å²) in [6, 6.07) is 14.2. The Kier molecular flexibility index (Phi) is 4.93. The van der Waals surface area contributed by atoms with E-state index in [1.54, 1.807) is 0 Å². The summed E-state index contributed by atoms with van der Waals surface area (Å²) in [5.74, 6) is -0.0288. The lowest BCUT2D eigenvalue weighted by atomic mass is 9.86. The number of benzene rings is 2. The zero-order valence-electron chi connectivity index (χ0n) is 15.0. The molecular weight excluding hydrogens is 282 g/mol. The summed E-state index contributed by atoms with van der Waals surface area (Å²) >= 11 is 0. The van der Waals surface area contributed by atoms with Crippen molar-refractivity contribution in [1.29, 1.82) is 0 Å². The van der Waals surface area contributed by atoms with Crippen molar-refractivity contribution in [3.05, 3.63) is 70.3 Å². The number of carbonyl (C=O) groups excluding carboxylic acids is 1. The molecule has 0 saturated heterocycles. The summed E-state index contributed by atoms with van der Waals surface area (Å²) in [4.78, 5) is 12.5. The summed E-state index contributed by atoms with van der Waals surface area (Å²) in [5, 5.41) is 3.10. The van der Waals surface area contributed by atoms with Gasteiger partial charge in [0.25, 0.3) is 5.91 Å². The van der Waals surface area contributed by atoms with Crippen LogP contribution in [0.5, 0.6) is 0 Å². The first-order valence-electron chi connectivity index (χ1n) is 8.17. The highest BCUT2D eigenvalue weighted by atomic mass is 16.1.